The van der Waals surface area contributed by atoms with E-state index in [1.54, 1.807) is 10.5 Å². The zero-order chi connectivity index (χ0) is 12.7. The minimum Gasteiger partial charge on any atom is -0.237 e. The zero-order valence-corrected chi connectivity index (χ0v) is 9.73. The molecule has 0 aromatic heterocycles. The third-order valence-corrected chi connectivity index (χ3v) is 3.96. The summed E-state index contributed by atoms with van der Waals surface area (Å²) in [5.74, 6) is 5.67. The molecule has 19 heteroatoms. The van der Waals surface area contributed by atoms with Crippen LogP contribution >= 0.6 is 0 Å². The standard InChI is InChI=1S/CH7N19/c1-5-3-7-9(5)13-11(7)15-17(13)20-18-14-10-6(2)4-8(10)12(14)16(18)19(15)20/h3-4H,2H2,1H3. The fourth-order valence-electron chi connectivity index (χ4n) is 3.08. The van der Waals surface area contributed by atoms with E-state index in [-0.39, 0.29) is 0 Å². The molecule has 0 radical (unpaired) electrons. The lowest BCUT2D eigenvalue weighted by Gasteiger charge is -2.92. The Labute approximate surface area is 109 Å². The van der Waals surface area contributed by atoms with Gasteiger partial charge >= 0.3 is 0 Å². The Hall–Kier alpha value is -0.760. The van der Waals surface area contributed by atoms with E-state index in [1.807, 2.05) is 74.9 Å². The summed E-state index contributed by atoms with van der Waals surface area (Å²) in [5.41, 5.74) is 5.96. The minimum atomic E-state index is 1.37. The van der Waals surface area contributed by atoms with Gasteiger partial charge in [0.15, 0.2) is 0 Å². The Bertz CT molecular complexity index is 511. The second-order valence-corrected chi connectivity index (χ2v) is 4.87. The Balaban J connectivity index is 1.13. The van der Waals surface area contributed by atoms with Gasteiger partial charge in [0.25, 0.3) is 0 Å². The lowest BCUT2D eigenvalue weighted by atomic mass is 11.1. The number of hydrazine groups is 26. The van der Waals surface area contributed by atoms with Crippen molar-refractivity contribution in [1.29, 1.82) is 0 Å². The Morgan fingerprint density at radius 2 is 1.00 bits per heavy atom. The van der Waals surface area contributed by atoms with E-state index >= 15 is 0 Å². The molecule has 20 heavy (non-hydrogen) atoms. The minimum absolute atomic E-state index is 1.37. The maximum Gasteiger partial charge on any atom is 0.0221 e. The van der Waals surface area contributed by atoms with E-state index in [1.165, 1.54) is 5.23 Å². The van der Waals surface area contributed by atoms with Gasteiger partial charge in [-0.2, -0.15) is 0 Å². The third kappa shape index (κ3) is 0.546. The molecule has 8 saturated heterocycles. The van der Waals surface area contributed by atoms with Crippen molar-refractivity contribution in [1.82, 2.24) is 94.6 Å². The summed E-state index contributed by atoms with van der Waals surface area (Å²) in [6, 6.07) is 0. The summed E-state index contributed by atoms with van der Waals surface area (Å²) in [6.07, 6.45) is 0. The van der Waals surface area contributed by atoms with Crippen LogP contribution in [0.4, 0.5) is 0 Å². The summed E-state index contributed by atoms with van der Waals surface area (Å²) in [4.78, 5) is 0. The number of hydrogen-bond acceptors (Lipinski definition) is 19. The van der Waals surface area contributed by atoms with Crippen molar-refractivity contribution in [3.63, 3.8) is 0 Å². The molecule has 0 amide bonds. The quantitative estimate of drug-likeness (QED) is 0.367. The van der Waals surface area contributed by atoms with E-state index in [0.717, 1.165) is 0 Å². The Morgan fingerprint density at radius 1 is 0.550 bits per heavy atom. The highest BCUT2D eigenvalue weighted by atomic mass is 16.9. The normalized spacial score (nSPS) is 45.9. The molecular weight excluding hydrogens is 278 g/mol. The first-order valence-corrected chi connectivity index (χ1v) is 5.80. The van der Waals surface area contributed by atoms with Crippen LogP contribution in [0.15, 0.2) is 0 Å². The van der Waals surface area contributed by atoms with Gasteiger partial charge in [0.1, 0.15) is 0 Å². The van der Waals surface area contributed by atoms with Gasteiger partial charge in [-0.1, -0.05) is 5.23 Å². The smallest absolute Gasteiger partial charge is 0.0221 e. The van der Waals surface area contributed by atoms with Crippen LogP contribution in [0.3, 0.4) is 0 Å². The van der Waals surface area contributed by atoms with Gasteiger partial charge in [0, 0.05) is 7.05 Å². The van der Waals surface area contributed by atoms with Gasteiger partial charge in [-0.25, -0.2) is 5.84 Å². The lowest BCUT2D eigenvalue weighted by Crippen LogP contribution is -3.24. The molecule has 0 unspecified atom stereocenters. The molecule has 19 nitrogen and oxygen atoms in total. The Morgan fingerprint density at radius 3 is 1.55 bits per heavy atom. The van der Waals surface area contributed by atoms with Gasteiger partial charge in [0.05, 0.1) is 0 Å². The van der Waals surface area contributed by atoms with E-state index < -0.39 is 0 Å². The average molecular weight is 285 g/mol. The van der Waals surface area contributed by atoms with Gasteiger partial charge in [-0.05, 0) is 73.2 Å². The van der Waals surface area contributed by atoms with Gasteiger partial charge < -0.3 is 0 Å². The maximum absolute atomic E-state index is 5.67. The second kappa shape index (κ2) is 2.24. The first kappa shape index (κ1) is 9.30. The summed E-state index contributed by atoms with van der Waals surface area (Å²) >= 11 is 0. The Kier molecular flexibility index (Phi) is 1.04. The van der Waals surface area contributed by atoms with Gasteiger partial charge in [0.2, 0.25) is 0 Å². The van der Waals surface area contributed by atoms with E-state index in [2.05, 4.69) is 11.1 Å². The highest BCUT2D eigenvalue weighted by molar-refractivity contribution is 4.78. The SMILES string of the molecule is CN1NN2N1N1N2N2N1N1N3N4N5N(N)NN5N4N3N21. The number of nitrogens with two attached hydrogens (primary N) is 1. The third-order valence-electron chi connectivity index (χ3n) is 3.96. The number of nitrogens with one attached hydrogen (secondary N) is 2. The van der Waals surface area contributed by atoms with Crippen molar-refractivity contribution >= 4 is 0 Å². The van der Waals surface area contributed by atoms with Gasteiger partial charge in [-0.15, -0.1) is 16.2 Å². The molecular formula is CH7N19. The molecule has 4 N–H and O–H groups in total. The molecule has 8 fully saturated rings. The fourth-order valence-corrected chi connectivity index (χ4v) is 3.08. The van der Waals surface area contributed by atoms with Crippen LogP contribution in [0, 0.1) is 0 Å². The summed E-state index contributed by atoms with van der Waals surface area (Å²) in [5, 5.41) is 29.4. The lowest BCUT2D eigenvalue weighted by molar-refractivity contribution is -1.06. The molecule has 0 aromatic rings. The predicted octanol–water partition coefficient (Wildman–Crippen LogP) is -6.52. The van der Waals surface area contributed by atoms with Crippen LogP contribution in [-0.2, 0) is 0 Å². The van der Waals surface area contributed by atoms with Crippen molar-refractivity contribution in [3.8, 4) is 0 Å². The van der Waals surface area contributed by atoms with Crippen molar-refractivity contribution in [2.45, 2.75) is 0 Å². The van der Waals surface area contributed by atoms with E-state index in [9.17, 15) is 0 Å². The molecule has 0 saturated carbocycles. The number of rotatable bonds is 0. The molecule has 8 aliphatic rings. The molecule has 0 atom stereocenters. The van der Waals surface area contributed by atoms with Crippen LogP contribution in [0.1, 0.15) is 0 Å². The number of hydrogen-bond donors (Lipinski definition) is 3. The van der Waals surface area contributed by atoms with Crippen LogP contribution in [-0.4, -0.2) is 90.6 Å². The van der Waals surface area contributed by atoms with Crippen molar-refractivity contribution < 1.29 is 0 Å². The highest BCUT2D eigenvalue weighted by Crippen LogP contribution is 2.60. The van der Waals surface area contributed by atoms with Crippen LogP contribution in [0.2, 0.25) is 0 Å². The topological polar surface area (TPSA) is 102 Å². The summed E-state index contributed by atoms with van der Waals surface area (Å²) in [6.45, 7) is 0. The monoisotopic (exact) mass is 285 g/mol. The van der Waals surface area contributed by atoms with Crippen LogP contribution in [0.25, 0.3) is 0 Å². The summed E-state index contributed by atoms with van der Waals surface area (Å²) < 4.78 is 0. The van der Waals surface area contributed by atoms with Crippen molar-refractivity contribution in [3.05, 3.63) is 0 Å². The average Bonchev–Trinajstić information content (AvgIpc) is 2.37. The van der Waals surface area contributed by atoms with Crippen LogP contribution in [0.5, 0.6) is 0 Å². The second-order valence-electron chi connectivity index (χ2n) is 4.87. The number of fused-ring (bicyclic) bond motifs is 19. The van der Waals surface area contributed by atoms with Crippen molar-refractivity contribution in [2.24, 2.45) is 5.84 Å². The van der Waals surface area contributed by atoms with Crippen molar-refractivity contribution in [2.75, 3.05) is 7.05 Å². The fraction of sp³-hybridized carbons (Fsp3) is 1.00. The molecule has 106 valence electrons. The van der Waals surface area contributed by atoms with Gasteiger partial charge in [-0.3, -0.25) is 0 Å². The first-order valence-electron chi connectivity index (χ1n) is 5.80. The molecule has 0 aliphatic carbocycles. The highest BCUT2D eigenvalue weighted by Gasteiger charge is 2.91. The largest absolute Gasteiger partial charge is 0.237 e. The van der Waals surface area contributed by atoms with Crippen LogP contribution < -0.4 is 16.9 Å². The molecule has 0 aromatic carbocycles. The van der Waals surface area contributed by atoms with E-state index in [0.29, 0.717) is 0 Å². The maximum atomic E-state index is 5.67. The molecule has 0 bridgehead atoms. The molecule has 8 heterocycles. The molecule has 0 spiro atoms. The predicted molar refractivity (Wildman–Crippen MR) is 45.8 cm³/mol. The molecule has 8 aliphatic heterocycles. The van der Waals surface area contributed by atoms with E-state index in [4.69, 9.17) is 5.84 Å². The number of nitrogens with zero attached hydrogens (tertiary/aromatic N) is 16. The zero-order valence-electron chi connectivity index (χ0n) is 9.73. The summed E-state index contributed by atoms with van der Waals surface area (Å²) in [7, 11) is 1.92. The molecule has 8 rings (SSSR count). The first-order chi connectivity index (χ1) is 9.79.